The molecule has 2 aliphatic rings. The Morgan fingerprint density at radius 3 is 2.86 bits per heavy atom. The van der Waals surface area contributed by atoms with Crippen molar-refractivity contribution < 1.29 is 0 Å². The highest BCUT2D eigenvalue weighted by Gasteiger charge is 2.32. The quantitative estimate of drug-likeness (QED) is 0.928. The molecule has 1 N–H and O–H groups in total. The molecule has 1 aromatic rings. The summed E-state index contributed by atoms with van der Waals surface area (Å²) in [7, 11) is 0. The largest absolute Gasteiger partial charge is 0.312 e. The van der Waals surface area contributed by atoms with Crippen LogP contribution in [0.4, 0.5) is 0 Å². The zero-order valence-corrected chi connectivity index (χ0v) is 14.0. The molecule has 2 atom stereocenters. The lowest BCUT2D eigenvalue weighted by molar-refractivity contribution is 0.109. The Morgan fingerprint density at radius 2 is 2.14 bits per heavy atom. The molecular formula is C16H27ClN4. The summed E-state index contributed by atoms with van der Waals surface area (Å²) < 4.78 is 2.07. The van der Waals surface area contributed by atoms with Crippen LogP contribution >= 0.6 is 11.6 Å². The molecule has 4 nitrogen and oxygen atoms in total. The Labute approximate surface area is 132 Å². The second-order valence-electron chi connectivity index (χ2n) is 6.40. The topological polar surface area (TPSA) is 33.1 Å². The van der Waals surface area contributed by atoms with Crippen molar-refractivity contribution >= 4 is 11.6 Å². The molecule has 5 heteroatoms. The predicted molar refractivity (Wildman–Crippen MR) is 86.7 cm³/mol. The van der Waals surface area contributed by atoms with E-state index in [1.807, 2.05) is 6.92 Å². The predicted octanol–water partition coefficient (Wildman–Crippen LogP) is 2.97. The molecule has 118 valence electrons. The minimum Gasteiger partial charge on any atom is -0.312 e. The fourth-order valence-electron chi connectivity index (χ4n) is 3.92. The van der Waals surface area contributed by atoms with E-state index in [1.54, 1.807) is 0 Å². The van der Waals surface area contributed by atoms with Crippen molar-refractivity contribution in [3.8, 4) is 0 Å². The Hall–Kier alpha value is -0.580. The van der Waals surface area contributed by atoms with E-state index in [-0.39, 0.29) is 0 Å². The molecule has 0 amide bonds. The molecule has 3 rings (SSSR count). The van der Waals surface area contributed by atoms with Crippen LogP contribution in [0.1, 0.15) is 50.4 Å². The average molecular weight is 311 g/mol. The zero-order valence-electron chi connectivity index (χ0n) is 13.2. The van der Waals surface area contributed by atoms with Gasteiger partial charge in [-0.2, -0.15) is 5.10 Å². The van der Waals surface area contributed by atoms with Gasteiger partial charge in [-0.15, -0.1) is 0 Å². The van der Waals surface area contributed by atoms with Crippen molar-refractivity contribution in [2.45, 2.75) is 71.1 Å². The number of hydrogen-bond acceptors (Lipinski definition) is 3. The first kappa shape index (κ1) is 15.3. The summed E-state index contributed by atoms with van der Waals surface area (Å²) in [5, 5.41) is 9.11. The second kappa shape index (κ2) is 6.67. The number of halogens is 1. The van der Waals surface area contributed by atoms with E-state index in [0.29, 0.717) is 12.1 Å². The monoisotopic (exact) mass is 310 g/mol. The van der Waals surface area contributed by atoms with Gasteiger partial charge in [0.15, 0.2) is 0 Å². The second-order valence-corrected chi connectivity index (χ2v) is 6.78. The summed E-state index contributed by atoms with van der Waals surface area (Å²) in [6.07, 6.45) is 6.62. The SMILES string of the molecule is CCn1nc(C)c(Cl)c1CN1CCCCC1C1CCCN1. The van der Waals surface area contributed by atoms with Crippen LogP contribution in [0.3, 0.4) is 0 Å². The Bertz CT molecular complexity index is 479. The van der Waals surface area contributed by atoms with Crippen molar-refractivity contribution in [3.05, 3.63) is 16.4 Å². The summed E-state index contributed by atoms with van der Waals surface area (Å²) in [5.41, 5.74) is 2.16. The smallest absolute Gasteiger partial charge is 0.0860 e. The van der Waals surface area contributed by atoms with Crippen LogP contribution in [0.25, 0.3) is 0 Å². The summed E-state index contributed by atoms with van der Waals surface area (Å²) in [5.74, 6) is 0. The molecule has 0 radical (unpaired) electrons. The molecule has 0 spiro atoms. The molecule has 2 aliphatic heterocycles. The van der Waals surface area contributed by atoms with Crippen LogP contribution in [-0.4, -0.2) is 39.9 Å². The number of piperidine rings is 1. The molecule has 2 unspecified atom stereocenters. The van der Waals surface area contributed by atoms with Crippen LogP contribution < -0.4 is 5.32 Å². The van der Waals surface area contributed by atoms with Crippen molar-refractivity contribution in [2.75, 3.05) is 13.1 Å². The number of likely N-dealkylation sites (tertiary alicyclic amines) is 1. The van der Waals surface area contributed by atoms with Gasteiger partial charge >= 0.3 is 0 Å². The molecular weight excluding hydrogens is 284 g/mol. The summed E-state index contributed by atoms with van der Waals surface area (Å²) >= 11 is 6.49. The van der Waals surface area contributed by atoms with Crippen LogP contribution in [0.2, 0.25) is 5.02 Å². The van der Waals surface area contributed by atoms with Crippen LogP contribution in [0, 0.1) is 6.92 Å². The van der Waals surface area contributed by atoms with E-state index in [0.717, 1.165) is 23.8 Å². The first-order chi connectivity index (χ1) is 10.2. The highest BCUT2D eigenvalue weighted by Crippen LogP contribution is 2.28. The molecule has 2 saturated heterocycles. The van der Waals surface area contributed by atoms with Gasteiger partial charge < -0.3 is 5.32 Å². The normalized spacial score (nSPS) is 27.4. The Kier molecular flexibility index (Phi) is 4.87. The fourth-order valence-corrected chi connectivity index (χ4v) is 4.12. The molecule has 1 aromatic heterocycles. The van der Waals surface area contributed by atoms with Gasteiger partial charge in [0, 0.05) is 25.2 Å². The highest BCUT2D eigenvalue weighted by molar-refractivity contribution is 6.31. The summed E-state index contributed by atoms with van der Waals surface area (Å²) in [6, 6.07) is 1.33. The van der Waals surface area contributed by atoms with E-state index >= 15 is 0 Å². The van der Waals surface area contributed by atoms with Crippen molar-refractivity contribution in [3.63, 3.8) is 0 Å². The van der Waals surface area contributed by atoms with Crippen LogP contribution in [-0.2, 0) is 13.1 Å². The van der Waals surface area contributed by atoms with Gasteiger partial charge in [0.05, 0.1) is 16.4 Å². The number of aromatic nitrogens is 2. The molecule has 0 saturated carbocycles. The number of aryl methyl sites for hydroxylation is 2. The number of hydrogen-bond donors (Lipinski definition) is 1. The van der Waals surface area contributed by atoms with E-state index in [2.05, 4.69) is 26.9 Å². The number of nitrogens with zero attached hydrogens (tertiary/aromatic N) is 3. The maximum Gasteiger partial charge on any atom is 0.0860 e. The third-order valence-electron chi connectivity index (χ3n) is 5.03. The fraction of sp³-hybridized carbons (Fsp3) is 0.812. The van der Waals surface area contributed by atoms with Gasteiger partial charge in [0.2, 0.25) is 0 Å². The van der Waals surface area contributed by atoms with Gasteiger partial charge in [0.25, 0.3) is 0 Å². The maximum atomic E-state index is 6.49. The van der Waals surface area contributed by atoms with Crippen LogP contribution in [0.15, 0.2) is 0 Å². The summed E-state index contributed by atoms with van der Waals surface area (Å²) in [4.78, 5) is 2.64. The van der Waals surface area contributed by atoms with E-state index < -0.39 is 0 Å². The molecule has 21 heavy (non-hydrogen) atoms. The lowest BCUT2D eigenvalue weighted by atomic mass is 9.94. The third kappa shape index (κ3) is 3.13. The van der Waals surface area contributed by atoms with Gasteiger partial charge in [-0.1, -0.05) is 18.0 Å². The van der Waals surface area contributed by atoms with Gasteiger partial charge in [-0.25, -0.2) is 0 Å². The highest BCUT2D eigenvalue weighted by atomic mass is 35.5. The van der Waals surface area contributed by atoms with Crippen molar-refractivity contribution in [1.82, 2.24) is 20.0 Å². The standard InChI is InChI=1S/C16H27ClN4/c1-3-21-15(16(17)12(2)19-21)11-20-10-5-4-8-14(20)13-7-6-9-18-13/h13-14,18H,3-11H2,1-2H3. The van der Waals surface area contributed by atoms with Crippen molar-refractivity contribution in [2.24, 2.45) is 0 Å². The lowest BCUT2D eigenvalue weighted by Gasteiger charge is -2.39. The summed E-state index contributed by atoms with van der Waals surface area (Å²) in [6.45, 7) is 8.34. The van der Waals surface area contributed by atoms with E-state index in [4.69, 9.17) is 11.6 Å². The van der Waals surface area contributed by atoms with Gasteiger partial charge in [-0.05, 0) is 52.6 Å². The maximum absolute atomic E-state index is 6.49. The van der Waals surface area contributed by atoms with Gasteiger partial charge in [0.1, 0.15) is 0 Å². The average Bonchev–Trinajstić information content (AvgIpc) is 3.12. The molecule has 2 fully saturated rings. The van der Waals surface area contributed by atoms with Crippen LogP contribution in [0.5, 0.6) is 0 Å². The molecule has 0 bridgehead atoms. The number of nitrogens with one attached hydrogen (secondary N) is 1. The first-order valence-electron chi connectivity index (χ1n) is 8.40. The molecule has 0 aliphatic carbocycles. The van der Waals surface area contributed by atoms with E-state index in [1.165, 1.54) is 50.9 Å². The minimum absolute atomic E-state index is 0.665. The van der Waals surface area contributed by atoms with Crippen molar-refractivity contribution in [1.29, 1.82) is 0 Å². The van der Waals surface area contributed by atoms with E-state index in [9.17, 15) is 0 Å². The van der Waals surface area contributed by atoms with Gasteiger partial charge in [-0.3, -0.25) is 9.58 Å². The molecule has 3 heterocycles. The number of rotatable bonds is 4. The Balaban J connectivity index is 1.78. The third-order valence-corrected chi connectivity index (χ3v) is 5.52. The minimum atomic E-state index is 0.665. The zero-order chi connectivity index (χ0) is 14.8. The molecule has 0 aromatic carbocycles. The lowest BCUT2D eigenvalue weighted by Crippen LogP contribution is -2.49. The first-order valence-corrected chi connectivity index (χ1v) is 8.77. The Morgan fingerprint density at radius 1 is 1.29 bits per heavy atom.